The number of rotatable bonds is 4. The largest absolute Gasteiger partial charge is 0.311 e. The van der Waals surface area contributed by atoms with Crippen LogP contribution in [0.4, 0.5) is 0 Å². The van der Waals surface area contributed by atoms with Crippen LogP contribution in [-0.2, 0) is 6.42 Å². The fraction of sp³-hybridized carbons (Fsp3) is 0.385. The molecule has 1 unspecified atom stereocenters. The molecule has 2 heterocycles. The quantitative estimate of drug-likeness (QED) is 0.902. The van der Waals surface area contributed by atoms with E-state index in [1.165, 1.54) is 5.56 Å². The highest BCUT2D eigenvalue weighted by Gasteiger charge is 2.13. The Balaban J connectivity index is 2.16. The molecule has 0 saturated heterocycles. The zero-order valence-corrected chi connectivity index (χ0v) is 11.2. The average Bonchev–Trinajstić information content (AvgIpc) is 2.72. The number of hydrogen-bond acceptors (Lipinski definition) is 4. The third-order valence-electron chi connectivity index (χ3n) is 2.69. The van der Waals surface area contributed by atoms with E-state index in [9.17, 15) is 0 Å². The summed E-state index contributed by atoms with van der Waals surface area (Å²) in [5.41, 5.74) is 3.42. The summed E-state index contributed by atoms with van der Waals surface area (Å²) in [7, 11) is 1.97. The lowest BCUT2D eigenvalue weighted by Crippen LogP contribution is -2.20. The molecule has 2 aromatic heterocycles. The zero-order valence-electron chi connectivity index (χ0n) is 10.4. The second-order valence-corrected chi connectivity index (χ2v) is 5.13. The second kappa shape index (κ2) is 5.38. The Morgan fingerprint density at radius 1 is 1.41 bits per heavy atom. The van der Waals surface area contributed by atoms with Crippen LogP contribution in [0.3, 0.4) is 0 Å². The van der Waals surface area contributed by atoms with E-state index in [2.05, 4.69) is 33.7 Å². The standard InChI is InChI=1S/C13H17N3S/c1-9-4-5-15-12(6-9)11(14-3)7-13-16-10(2)8-17-13/h4-6,8,11,14H,7H2,1-3H3. The molecule has 0 spiro atoms. The smallest absolute Gasteiger partial charge is 0.0947 e. The number of hydrogen-bond donors (Lipinski definition) is 1. The van der Waals surface area contributed by atoms with Crippen molar-refractivity contribution in [1.29, 1.82) is 0 Å². The average molecular weight is 247 g/mol. The van der Waals surface area contributed by atoms with Gasteiger partial charge in [0, 0.05) is 23.7 Å². The highest BCUT2D eigenvalue weighted by molar-refractivity contribution is 7.09. The maximum Gasteiger partial charge on any atom is 0.0947 e. The summed E-state index contributed by atoms with van der Waals surface area (Å²) in [6.07, 6.45) is 2.76. The predicted octanol–water partition coefficient (Wildman–Crippen LogP) is 2.66. The van der Waals surface area contributed by atoms with Crippen LogP contribution >= 0.6 is 11.3 Å². The molecule has 2 aromatic rings. The summed E-state index contributed by atoms with van der Waals surface area (Å²) in [4.78, 5) is 8.93. The minimum Gasteiger partial charge on any atom is -0.311 e. The number of aryl methyl sites for hydroxylation is 2. The lowest BCUT2D eigenvalue weighted by atomic mass is 10.1. The second-order valence-electron chi connectivity index (χ2n) is 4.19. The summed E-state index contributed by atoms with van der Waals surface area (Å²) in [6.45, 7) is 4.12. The third-order valence-corrected chi connectivity index (χ3v) is 3.68. The van der Waals surface area contributed by atoms with E-state index < -0.39 is 0 Å². The van der Waals surface area contributed by atoms with Crippen LogP contribution in [0.25, 0.3) is 0 Å². The van der Waals surface area contributed by atoms with E-state index in [-0.39, 0.29) is 6.04 Å². The molecule has 90 valence electrons. The molecule has 0 bridgehead atoms. The van der Waals surface area contributed by atoms with Gasteiger partial charge in [0.2, 0.25) is 0 Å². The van der Waals surface area contributed by atoms with Crippen molar-refractivity contribution in [3.8, 4) is 0 Å². The number of nitrogens with one attached hydrogen (secondary N) is 1. The molecule has 0 aliphatic rings. The summed E-state index contributed by atoms with van der Waals surface area (Å²) in [5.74, 6) is 0. The van der Waals surface area contributed by atoms with E-state index in [1.807, 2.05) is 26.2 Å². The first-order chi connectivity index (χ1) is 8.19. The van der Waals surface area contributed by atoms with E-state index in [4.69, 9.17) is 0 Å². The Morgan fingerprint density at radius 2 is 2.24 bits per heavy atom. The summed E-state index contributed by atoms with van der Waals surface area (Å²) >= 11 is 1.71. The van der Waals surface area contributed by atoms with Gasteiger partial charge >= 0.3 is 0 Å². The van der Waals surface area contributed by atoms with Gasteiger partial charge in [-0.2, -0.15) is 0 Å². The van der Waals surface area contributed by atoms with Crippen molar-refractivity contribution in [3.05, 3.63) is 45.7 Å². The van der Waals surface area contributed by atoms with Gasteiger partial charge in [-0.05, 0) is 38.6 Å². The van der Waals surface area contributed by atoms with Gasteiger partial charge < -0.3 is 5.32 Å². The van der Waals surface area contributed by atoms with Crippen molar-refractivity contribution in [3.63, 3.8) is 0 Å². The van der Waals surface area contributed by atoms with Gasteiger partial charge in [0.25, 0.3) is 0 Å². The number of nitrogens with zero attached hydrogens (tertiary/aromatic N) is 2. The molecule has 0 aliphatic heterocycles. The van der Waals surface area contributed by atoms with Crippen LogP contribution in [0.2, 0.25) is 0 Å². The molecule has 0 aliphatic carbocycles. The molecule has 1 atom stereocenters. The van der Waals surface area contributed by atoms with Gasteiger partial charge in [0.15, 0.2) is 0 Å². The fourth-order valence-electron chi connectivity index (χ4n) is 1.78. The first-order valence-corrected chi connectivity index (χ1v) is 6.58. The van der Waals surface area contributed by atoms with Gasteiger partial charge in [-0.25, -0.2) is 4.98 Å². The molecule has 0 amide bonds. The number of thiazole rings is 1. The monoisotopic (exact) mass is 247 g/mol. The normalized spacial score (nSPS) is 12.6. The Kier molecular flexibility index (Phi) is 3.86. The molecule has 0 aromatic carbocycles. The predicted molar refractivity (Wildman–Crippen MR) is 71.3 cm³/mol. The Bertz CT molecular complexity index is 493. The van der Waals surface area contributed by atoms with Crippen LogP contribution < -0.4 is 5.32 Å². The maximum atomic E-state index is 4.50. The van der Waals surface area contributed by atoms with Crippen molar-refractivity contribution in [2.24, 2.45) is 0 Å². The van der Waals surface area contributed by atoms with Gasteiger partial charge in [0.05, 0.1) is 16.7 Å². The third kappa shape index (κ3) is 3.11. The lowest BCUT2D eigenvalue weighted by Gasteiger charge is -2.14. The zero-order chi connectivity index (χ0) is 12.3. The molecule has 0 radical (unpaired) electrons. The SMILES string of the molecule is CNC(Cc1nc(C)cs1)c1cc(C)ccn1. The Morgan fingerprint density at radius 3 is 2.82 bits per heavy atom. The van der Waals surface area contributed by atoms with Crippen molar-refractivity contribution < 1.29 is 0 Å². The molecular formula is C13H17N3S. The van der Waals surface area contributed by atoms with E-state index in [0.717, 1.165) is 22.8 Å². The van der Waals surface area contributed by atoms with Crippen molar-refractivity contribution in [2.75, 3.05) is 7.05 Å². The van der Waals surface area contributed by atoms with E-state index in [0.29, 0.717) is 0 Å². The molecule has 2 rings (SSSR count). The first-order valence-electron chi connectivity index (χ1n) is 5.70. The minimum atomic E-state index is 0.237. The highest BCUT2D eigenvalue weighted by atomic mass is 32.1. The highest BCUT2D eigenvalue weighted by Crippen LogP contribution is 2.19. The van der Waals surface area contributed by atoms with Crippen LogP contribution in [0.5, 0.6) is 0 Å². The van der Waals surface area contributed by atoms with Crippen LogP contribution in [-0.4, -0.2) is 17.0 Å². The summed E-state index contributed by atoms with van der Waals surface area (Å²) in [6, 6.07) is 4.38. The number of pyridine rings is 1. The number of aromatic nitrogens is 2. The van der Waals surface area contributed by atoms with Crippen molar-refractivity contribution >= 4 is 11.3 Å². The first kappa shape index (κ1) is 12.2. The maximum absolute atomic E-state index is 4.50. The Labute approximate surface area is 106 Å². The van der Waals surface area contributed by atoms with Gasteiger partial charge in [-0.15, -0.1) is 11.3 Å². The van der Waals surface area contributed by atoms with Crippen LogP contribution in [0.1, 0.15) is 28.0 Å². The summed E-state index contributed by atoms with van der Waals surface area (Å²) in [5, 5.41) is 6.55. The lowest BCUT2D eigenvalue weighted by molar-refractivity contribution is 0.573. The molecule has 17 heavy (non-hydrogen) atoms. The van der Waals surface area contributed by atoms with Crippen molar-refractivity contribution in [2.45, 2.75) is 26.3 Å². The molecule has 0 saturated carbocycles. The fourth-order valence-corrected chi connectivity index (χ4v) is 2.59. The van der Waals surface area contributed by atoms with Crippen molar-refractivity contribution in [1.82, 2.24) is 15.3 Å². The van der Waals surface area contributed by atoms with Gasteiger partial charge in [-0.3, -0.25) is 4.98 Å². The Hall–Kier alpha value is -1.26. The number of likely N-dealkylation sites (N-methyl/N-ethyl adjacent to an activating group) is 1. The molecule has 1 N–H and O–H groups in total. The summed E-state index contributed by atoms with van der Waals surface area (Å²) < 4.78 is 0. The van der Waals surface area contributed by atoms with Gasteiger partial charge in [0.1, 0.15) is 0 Å². The topological polar surface area (TPSA) is 37.8 Å². The van der Waals surface area contributed by atoms with Crippen LogP contribution in [0.15, 0.2) is 23.7 Å². The molecule has 0 fully saturated rings. The van der Waals surface area contributed by atoms with Gasteiger partial charge in [-0.1, -0.05) is 0 Å². The van der Waals surface area contributed by atoms with Crippen LogP contribution in [0, 0.1) is 13.8 Å². The van der Waals surface area contributed by atoms with E-state index in [1.54, 1.807) is 11.3 Å². The van der Waals surface area contributed by atoms with E-state index >= 15 is 0 Å². The molecule has 3 nitrogen and oxygen atoms in total. The molecule has 4 heteroatoms. The minimum absolute atomic E-state index is 0.237. The molecular weight excluding hydrogens is 230 g/mol.